The molecule has 0 aliphatic carbocycles. The minimum Gasteiger partial charge on any atom is -0.409 e. The van der Waals surface area contributed by atoms with Crippen molar-refractivity contribution in [1.82, 2.24) is 14.5 Å². The Morgan fingerprint density at radius 1 is 1.52 bits per heavy atom. The van der Waals surface area contributed by atoms with E-state index in [0.29, 0.717) is 11.1 Å². The van der Waals surface area contributed by atoms with Gasteiger partial charge in [-0.05, 0) is 11.6 Å². The van der Waals surface area contributed by atoms with Crippen molar-refractivity contribution in [3.8, 4) is 0 Å². The van der Waals surface area contributed by atoms with Crippen molar-refractivity contribution in [2.75, 3.05) is 7.05 Å². The average Bonchev–Trinajstić information content (AvgIpc) is 3.01. The van der Waals surface area contributed by atoms with Crippen molar-refractivity contribution in [3.63, 3.8) is 0 Å². The summed E-state index contributed by atoms with van der Waals surface area (Å²) in [6.07, 6.45) is 2.57. The van der Waals surface area contributed by atoms with Gasteiger partial charge in [-0.1, -0.05) is 23.4 Å². The fraction of sp³-hybridized carbons (Fsp3) is 0.167. The number of sulfonamides is 1. The van der Waals surface area contributed by atoms with Crippen LogP contribution in [0.1, 0.15) is 11.1 Å². The Balaban J connectivity index is 2.22. The maximum Gasteiger partial charge on any atom is 0.246 e. The lowest BCUT2D eigenvalue weighted by Crippen LogP contribution is -2.26. The summed E-state index contributed by atoms with van der Waals surface area (Å²) in [6, 6.07) is 6.80. The SMILES string of the molecule is CN(Cc1cccc(C(N)=NO)c1)S(=O)(=O)c1cn[nH]c1. The Morgan fingerprint density at radius 2 is 2.29 bits per heavy atom. The van der Waals surface area contributed by atoms with E-state index in [9.17, 15) is 8.42 Å². The van der Waals surface area contributed by atoms with Crippen LogP contribution >= 0.6 is 0 Å². The van der Waals surface area contributed by atoms with Gasteiger partial charge in [-0.15, -0.1) is 0 Å². The van der Waals surface area contributed by atoms with E-state index in [1.54, 1.807) is 24.3 Å². The molecule has 0 fully saturated rings. The molecule has 0 atom stereocenters. The molecule has 4 N–H and O–H groups in total. The maximum absolute atomic E-state index is 12.3. The minimum absolute atomic E-state index is 0.0304. The number of benzene rings is 1. The van der Waals surface area contributed by atoms with Crippen LogP contribution in [0.15, 0.2) is 46.7 Å². The van der Waals surface area contributed by atoms with Crippen LogP contribution in [0.2, 0.25) is 0 Å². The lowest BCUT2D eigenvalue weighted by atomic mass is 10.1. The predicted octanol–water partition coefficient (Wildman–Crippen LogP) is 0.325. The first-order chi connectivity index (χ1) is 9.95. The molecule has 1 aromatic carbocycles. The highest BCUT2D eigenvalue weighted by Crippen LogP contribution is 2.15. The lowest BCUT2D eigenvalue weighted by molar-refractivity contribution is 0.318. The van der Waals surface area contributed by atoms with Gasteiger partial charge in [-0.25, -0.2) is 8.42 Å². The molecule has 1 heterocycles. The number of aromatic amines is 1. The van der Waals surface area contributed by atoms with Gasteiger partial charge in [0.15, 0.2) is 5.84 Å². The first kappa shape index (κ1) is 15.0. The molecule has 8 nitrogen and oxygen atoms in total. The zero-order valence-electron chi connectivity index (χ0n) is 11.3. The van der Waals surface area contributed by atoms with Gasteiger partial charge in [0.2, 0.25) is 10.0 Å². The number of hydrogen-bond donors (Lipinski definition) is 3. The van der Waals surface area contributed by atoms with Gasteiger partial charge in [-0.2, -0.15) is 9.40 Å². The van der Waals surface area contributed by atoms with E-state index in [1.165, 1.54) is 23.7 Å². The molecule has 0 bridgehead atoms. The van der Waals surface area contributed by atoms with E-state index in [4.69, 9.17) is 10.9 Å². The van der Waals surface area contributed by atoms with Crippen LogP contribution in [0.3, 0.4) is 0 Å². The highest BCUT2D eigenvalue weighted by molar-refractivity contribution is 7.89. The quantitative estimate of drug-likeness (QED) is 0.317. The third-order valence-corrected chi connectivity index (χ3v) is 4.69. The van der Waals surface area contributed by atoms with E-state index in [-0.39, 0.29) is 17.3 Å². The topological polar surface area (TPSA) is 125 Å². The molecule has 0 saturated heterocycles. The van der Waals surface area contributed by atoms with Gasteiger partial charge in [0.25, 0.3) is 0 Å². The molecule has 0 radical (unpaired) electrons. The van der Waals surface area contributed by atoms with Crippen molar-refractivity contribution in [2.24, 2.45) is 10.9 Å². The van der Waals surface area contributed by atoms with E-state index >= 15 is 0 Å². The molecule has 0 saturated carbocycles. The summed E-state index contributed by atoms with van der Waals surface area (Å²) in [5.41, 5.74) is 6.75. The van der Waals surface area contributed by atoms with Gasteiger partial charge in [0, 0.05) is 25.4 Å². The van der Waals surface area contributed by atoms with Crippen molar-refractivity contribution in [2.45, 2.75) is 11.4 Å². The Labute approximate surface area is 121 Å². The Morgan fingerprint density at radius 3 is 2.90 bits per heavy atom. The number of oxime groups is 1. The van der Waals surface area contributed by atoms with Crippen molar-refractivity contribution in [3.05, 3.63) is 47.8 Å². The van der Waals surface area contributed by atoms with Crippen LogP contribution in [0.5, 0.6) is 0 Å². The largest absolute Gasteiger partial charge is 0.409 e. The first-order valence-corrected chi connectivity index (χ1v) is 7.41. The minimum atomic E-state index is -3.60. The predicted molar refractivity (Wildman–Crippen MR) is 76.2 cm³/mol. The summed E-state index contributed by atoms with van der Waals surface area (Å²) in [7, 11) is -2.13. The van der Waals surface area contributed by atoms with Crippen LogP contribution in [0.25, 0.3) is 0 Å². The van der Waals surface area contributed by atoms with Gasteiger partial charge in [0.05, 0.1) is 6.20 Å². The van der Waals surface area contributed by atoms with E-state index in [0.717, 1.165) is 0 Å². The summed E-state index contributed by atoms with van der Waals surface area (Å²) in [5, 5.41) is 17.7. The number of nitrogens with one attached hydrogen (secondary N) is 1. The van der Waals surface area contributed by atoms with Crippen LogP contribution in [0.4, 0.5) is 0 Å². The van der Waals surface area contributed by atoms with E-state index < -0.39 is 10.0 Å². The smallest absolute Gasteiger partial charge is 0.246 e. The highest BCUT2D eigenvalue weighted by atomic mass is 32.2. The molecule has 0 aliphatic rings. The average molecular weight is 309 g/mol. The standard InChI is InChI=1S/C12H15N5O3S/c1-17(21(19,20)11-6-14-15-7-11)8-9-3-2-4-10(5-9)12(13)16-18/h2-7,18H,8H2,1H3,(H2,13,16)(H,14,15). The first-order valence-electron chi connectivity index (χ1n) is 5.97. The monoisotopic (exact) mass is 309 g/mol. The van der Waals surface area contributed by atoms with Gasteiger partial charge < -0.3 is 10.9 Å². The van der Waals surface area contributed by atoms with Crippen LogP contribution in [-0.2, 0) is 16.6 Å². The molecule has 0 spiro atoms. The lowest BCUT2D eigenvalue weighted by Gasteiger charge is -2.16. The number of aromatic nitrogens is 2. The summed E-state index contributed by atoms with van der Waals surface area (Å²) in [4.78, 5) is 0.0950. The van der Waals surface area contributed by atoms with Crippen molar-refractivity contribution < 1.29 is 13.6 Å². The Kier molecular flexibility index (Phi) is 4.24. The fourth-order valence-electron chi connectivity index (χ4n) is 1.79. The molecule has 1 aromatic heterocycles. The maximum atomic E-state index is 12.3. The Bertz CT molecular complexity index is 740. The second-order valence-corrected chi connectivity index (χ2v) is 6.43. The molecule has 21 heavy (non-hydrogen) atoms. The van der Waals surface area contributed by atoms with Gasteiger partial charge >= 0.3 is 0 Å². The van der Waals surface area contributed by atoms with Crippen LogP contribution < -0.4 is 5.73 Å². The summed E-state index contributed by atoms with van der Waals surface area (Å²) < 4.78 is 25.7. The van der Waals surface area contributed by atoms with E-state index in [2.05, 4.69) is 15.4 Å². The highest BCUT2D eigenvalue weighted by Gasteiger charge is 2.21. The zero-order chi connectivity index (χ0) is 15.5. The second-order valence-electron chi connectivity index (χ2n) is 4.38. The normalized spacial score (nSPS) is 12.8. The molecule has 0 amide bonds. The molecular weight excluding hydrogens is 294 g/mol. The molecule has 0 unspecified atom stereocenters. The van der Waals surface area contributed by atoms with Crippen LogP contribution in [0, 0.1) is 0 Å². The van der Waals surface area contributed by atoms with Gasteiger partial charge in [0.1, 0.15) is 4.90 Å². The van der Waals surface area contributed by atoms with Gasteiger partial charge in [-0.3, -0.25) is 5.10 Å². The second kappa shape index (κ2) is 5.94. The number of nitrogens with zero attached hydrogens (tertiary/aromatic N) is 3. The number of amidine groups is 1. The summed E-state index contributed by atoms with van der Waals surface area (Å²) in [6.45, 7) is 0.153. The number of nitrogens with two attached hydrogens (primary N) is 1. The van der Waals surface area contributed by atoms with Crippen molar-refractivity contribution >= 4 is 15.9 Å². The number of H-pyrrole nitrogens is 1. The third kappa shape index (κ3) is 3.20. The molecular formula is C12H15N5O3S. The molecule has 112 valence electrons. The molecule has 2 aromatic rings. The summed E-state index contributed by atoms with van der Waals surface area (Å²) >= 11 is 0. The van der Waals surface area contributed by atoms with Crippen LogP contribution in [-0.4, -0.2) is 41.0 Å². The fourth-order valence-corrected chi connectivity index (χ4v) is 2.86. The van der Waals surface area contributed by atoms with Crippen molar-refractivity contribution in [1.29, 1.82) is 0 Å². The molecule has 0 aliphatic heterocycles. The number of rotatable bonds is 5. The molecule has 9 heteroatoms. The number of hydrogen-bond acceptors (Lipinski definition) is 5. The Hall–Kier alpha value is -2.39. The zero-order valence-corrected chi connectivity index (χ0v) is 12.1. The molecule has 2 rings (SSSR count). The van der Waals surface area contributed by atoms with E-state index in [1.807, 2.05) is 0 Å². The summed E-state index contributed by atoms with van der Waals surface area (Å²) in [5.74, 6) is -0.0304. The third-order valence-electron chi connectivity index (χ3n) is 2.92.